The Morgan fingerprint density at radius 1 is 1.07 bits per heavy atom. The molecule has 1 amide bonds. The van der Waals surface area contributed by atoms with Crippen LogP contribution in [0.2, 0.25) is 5.02 Å². The topological polar surface area (TPSA) is 86.1 Å². The van der Waals surface area contributed by atoms with Crippen molar-refractivity contribution in [2.75, 3.05) is 12.4 Å². The summed E-state index contributed by atoms with van der Waals surface area (Å²) in [5, 5.41) is 3.00. The maximum atomic E-state index is 13.2. The van der Waals surface area contributed by atoms with Crippen LogP contribution in [0.1, 0.15) is 10.5 Å². The molecule has 7 nitrogen and oxygen atoms in total. The highest BCUT2D eigenvalue weighted by atomic mass is 35.5. The first-order valence-electron chi connectivity index (χ1n) is 8.66. The number of pyridine rings is 1. The lowest BCUT2D eigenvalue weighted by Crippen LogP contribution is -2.31. The van der Waals surface area contributed by atoms with Crippen molar-refractivity contribution in [3.63, 3.8) is 0 Å². The van der Waals surface area contributed by atoms with E-state index in [9.17, 15) is 9.59 Å². The van der Waals surface area contributed by atoms with Crippen LogP contribution >= 0.6 is 11.6 Å². The smallest absolute Gasteiger partial charge is 0.288 e. The van der Waals surface area contributed by atoms with Crippen LogP contribution < -0.4 is 15.6 Å². The maximum Gasteiger partial charge on any atom is 0.288 e. The molecule has 1 N–H and O–H groups in total. The van der Waals surface area contributed by atoms with Crippen molar-refractivity contribution in [3.8, 4) is 11.4 Å². The number of nitrogens with one attached hydrogen (secondary N) is 1. The Labute approximate surface area is 170 Å². The first-order chi connectivity index (χ1) is 14.1. The molecule has 0 aliphatic carbocycles. The minimum Gasteiger partial charge on any atom is -0.497 e. The minimum atomic E-state index is -0.656. The van der Waals surface area contributed by atoms with E-state index < -0.39 is 11.5 Å². The summed E-state index contributed by atoms with van der Waals surface area (Å²) in [6, 6.07) is 17.0. The zero-order valence-corrected chi connectivity index (χ0v) is 16.1. The standard InChI is InChI=1S/C21H15ClN4O3/c1-29-14-10-8-13(9-11-14)26-19-17(7-4-12-23-19)24-18(21(26)28)20(27)25-16-6-3-2-5-15(16)22/h2-12H,1H3,(H,25,27). The molecule has 0 atom stereocenters. The van der Waals surface area contributed by atoms with E-state index in [-0.39, 0.29) is 5.69 Å². The van der Waals surface area contributed by atoms with Crippen LogP contribution in [0, 0.1) is 0 Å². The SMILES string of the molecule is COc1ccc(-n2c(=O)c(C(=O)Nc3ccccc3Cl)nc3cccnc32)cc1. The Balaban J connectivity index is 1.87. The maximum absolute atomic E-state index is 13.2. The van der Waals surface area contributed by atoms with E-state index >= 15 is 0 Å². The number of fused-ring (bicyclic) bond motifs is 1. The van der Waals surface area contributed by atoms with E-state index in [1.54, 1.807) is 74.0 Å². The van der Waals surface area contributed by atoms with Gasteiger partial charge in [0.15, 0.2) is 11.3 Å². The van der Waals surface area contributed by atoms with Crippen LogP contribution in [0.3, 0.4) is 0 Å². The van der Waals surface area contributed by atoms with Gasteiger partial charge in [0.2, 0.25) is 0 Å². The summed E-state index contributed by atoms with van der Waals surface area (Å²) in [4.78, 5) is 34.5. The number of hydrogen-bond acceptors (Lipinski definition) is 5. The lowest BCUT2D eigenvalue weighted by Gasteiger charge is -2.12. The number of carbonyl (C=O) groups is 1. The van der Waals surface area contributed by atoms with Gasteiger partial charge in [-0.2, -0.15) is 0 Å². The number of methoxy groups -OCH3 is 1. The number of aromatic nitrogens is 3. The summed E-state index contributed by atoms with van der Waals surface area (Å²) in [6.07, 6.45) is 1.56. The molecule has 144 valence electrons. The third kappa shape index (κ3) is 3.55. The normalized spacial score (nSPS) is 10.7. The Morgan fingerprint density at radius 2 is 1.83 bits per heavy atom. The lowest BCUT2D eigenvalue weighted by atomic mass is 10.2. The van der Waals surface area contributed by atoms with Crippen molar-refractivity contribution in [2.45, 2.75) is 0 Å². The van der Waals surface area contributed by atoms with E-state index in [1.807, 2.05) is 0 Å². The summed E-state index contributed by atoms with van der Waals surface area (Å²) in [5.74, 6) is -0.0130. The quantitative estimate of drug-likeness (QED) is 0.558. The molecule has 2 aromatic carbocycles. The highest BCUT2D eigenvalue weighted by Crippen LogP contribution is 2.21. The molecule has 2 aromatic heterocycles. The molecule has 0 unspecified atom stereocenters. The first kappa shape index (κ1) is 18.6. The van der Waals surface area contributed by atoms with E-state index in [0.29, 0.717) is 33.3 Å². The molecule has 0 aliphatic rings. The molecular formula is C21H15ClN4O3. The number of halogens is 1. The number of amides is 1. The molecule has 0 fully saturated rings. The third-order valence-electron chi connectivity index (χ3n) is 4.28. The van der Waals surface area contributed by atoms with Gasteiger partial charge in [0.25, 0.3) is 11.5 Å². The third-order valence-corrected chi connectivity index (χ3v) is 4.61. The summed E-state index contributed by atoms with van der Waals surface area (Å²) >= 11 is 6.11. The van der Waals surface area contributed by atoms with E-state index in [4.69, 9.17) is 16.3 Å². The number of anilines is 1. The monoisotopic (exact) mass is 406 g/mol. The summed E-state index contributed by atoms with van der Waals surface area (Å²) < 4.78 is 6.52. The van der Waals surface area contributed by atoms with Crippen molar-refractivity contribution in [3.05, 3.63) is 87.9 Å². The van der Waals surface area contributed by atoms with Gasteiger partial charge in [-0.25, -0.2) is 9.97 Å². The predicted octanol–water partition coefficient (Wildman–Crippen LogP) is 3.70. The van der Waals surface area contributed by atoms with Crippen LogP contribution in [0.25, 0.3) is 16.9 Å². The molecular weight excluding hydrogens is 392 g/mol. The van der Waals surface area contributed by atoms with Crippen LogP contribution in [-0.2, 0) is 0 Å². The summed E-state index contributed by atoms with van der Waals surface area (Å²) in [6.45, 7) is 0. The van der Waals surface area contributed by atoms with Crippen molar-refractivity contribution in [1.29, 1.82) is 0 Å². The number of nitrogens with zero attached hydrogens (tertiary/aromatic N) is 3. The predicted molar refractivity (Wildman–Crippen MR) is 111 cm³/mol. The average molecular weight is 407 g/mol. The van der Waals surface area contributed by atoms with Gasteiger partial charge in [0.05, 0.1) is 23.5 Å². The molecule has 8 heteroatoms. The van der Waals surface area contributed by atoms with Gasteiger partial charge in [0.1, 0.15) is 11.3 Å². The first-order valence-corrected chi connectivity index (χ1v) is 9.04. The largest absolute Gasteiger partial charge is 0.497 e. The molecule has 0 radical (unpaired) electrons. The fraction of sp³-hybridized carbons (Fsp3) is 0.0476. The number of para-hydroxylation sites is 1. The van der Waals surface area contributed by atoms with Gasteiger partial charge < -0.3 is 10.1 Å². The molecule has 0 saturated heterocycles. The Kier molecular flexibility index (Phi) is 4.97. The second-order valence-electron chi connectivity index (χ2n) is 6.08. The van der Waals surface area contributed by atoms with Gasteiger partial charge in [0, 0.05) is 6.20 Å². The fourth-order valence-electron chi connectivity index (χ4n) is 2.88. The van der Waals surface area contributed by atoms with Gasteiger partial charge in [-0.3, -0.25) is 14.2 Å². The van der Waals surface area contributed by atoms with E-state index in [1.165, 1.54) is 4.57 Å². The minimum absolute atomic E-state index is 0.263. The van der Waals surface area contributed by atoms with Gasteiger partial charge in [-0.1, -0.05) is 23.7 Å². The number of hydrogen-bond donors (Lipinski definition) is 1. The fourth-order valence-corrected chi connectivity index (χ4v) is 3.06. The second-order valence-corrected chi connectivity index (χ2v) is 6.49. The van der Waals surface area contributed by atoms with Crippen molar-refractivity contribution >= 4 is 34.4 Å². The van der Waals surface area contributed by atoms with Gasteiger partial charge >= 0.3 is 0 Å². The second kappa shape index (κ2) is 7.73. The molecule has 0 aliphatic heterocycles. The van der Waals surface area contributed by atoms with E-state index in [2.05, 4.69) is 15.3 Å². The number of ether oxygens (including phenoxy) is 1. The highest BCUT2D eigenvalue weighted by Gasteiger charge is 2.20. The van der Waals surface area contributed by atoms with Crippen molar-refractivity contribution < 1.29 is 9.53 Å². The molecule has 2 heterocycles. The van der Waals surface area contributed by atoms with Crippen LogP contribution in [0.15, 0.2) is 71.7 Å². The Morgan fingerprint density at radius 3 is 2.55 bits per heavy atom. The van der Waals surface area contributed by atoms with Crippen molar-refractivity contribution in [1.82, 2.24) is 14.5 Å². The zero-order chi connectivity index (χ0) is 20.4. The van der Waals surface area contributed by atoms with E-state index in [0.717, 1.165) is 0 Å². The number of benzene rings is 2. The number of carbonyl (C=O) groups excluding carboxylic acids is 1. The van der Waals surface area contributed by atoms with Gasteiger partial charge in [-0.15, -0.1) is 0 Å². The van der Waals surface area contributed by atoms with Crippen molar-refractivity contribution in [2.24, 2.45) is 0 Å². The number of rotatable bonds is 4. The molecule has 4 rings (SSSR count). The molecule has 4 aromatic rings. The molecule has 29 heavy (non-hydrogen) atoms. The Bertz CT molecular complexity index is 1270. The highest BCUT2D eigenvalue weighted by molar-refractivity contribution is 6.33. The molecule has 0 saturated carbocycles. The van der Waals surface area contributed by atoms with Crippen LogP contribution in [0.5, 0.6) is 5.75 Å². The van der Waals surface area contributed by atoms with Crippen LogP contribution in [0.4, 0.5) is 5.69 Å². The average Bonchev–Trinajstić information content (AvgIpc) is 2.75. The van der Waals surface area contributed by atoms with Crippen LogP contribution in [-0.4, -0.2) is 27.6 Å². The lowest BCUT2D eigenvalue weighted by molar-refractivity contribution is 0.102. The zero-order valence-electron chi connectivity index (χ0n) is 15.3. The summed E-state index contributed by atoms with van der Waals surface area (Å²) in [5.41, 5.74) is 0.827. The Hall–Kier alpha value is -3.71. The molecule has 0 spiro atoms. The summed E-state index contributed by atoms with van der Waals surface area (Å²) in [7, 11) is 1.56. The molecule has 0 bridgehead atoms. The van der Waals surface area contributed by atoms with Gasteiger partial charge in [-0.05, 0) is 48.5 Å².